The van der Waals surface area contributed by atoms with E-state index in [0.29, 0.717) is 0 Å². The molecule has 0 N–H and O–H groups in total. The molecule has 0 amide bonds. The molecule has 1 rings (SSSR count). The second-order valence-electron chi connectivity index (χ2n) is 2.92. The maximum Gasteiger partial charge on any atom is 0.122 e. The van der Waals surface area contributed by atoms with Crippen LogP contribution in [0.5, 0.6) is 0 Å². The smallest absolute Gasteiger partial charge is 0.0891 e. The van der Waals surface area contributed by atoms with Crippen molar-refractivity contribution in [2.75, 3.05) is 0 Å². The molecule has 0 radical (unpaired) electrons. The van der Waals surface area contributed by atoms with Gasteiger partial charge in [0.2, 0.25) is 0 Å². The lowest BCUT2D eigenvalue weighted by Gasteiger charge is -1.99. The summed E-state index contributed by atoms with van der Waals surface area (Å²) in [6.45, 7) is 2.22. The normalized spacial score (nSPS) is 9.55. The molecular weight excluding hydrogens is 130 g/mol. The Morgan fingerprint density at radius 2 is 1.73 bits per heavy atom. The van der Waals surface area contributed by atoms with Gasteiger partial charge in [0.1, 0.15) is 15.1 Å². The van der Waals surface area contributed by atoms with E-state index in [1.807, 2.05) is 0 Å². The molecule has 0 aliphatic carbocycles. The molecule has 1 aromatic rings. The largest absolute Gasteiger partial charge is 0.122 e. The van der Waals surface area contributed by atoms with Crippen molar-refractivity contribution in [2.45, 2.75) is 19.5 Å². The molecule has 0 saturated carbocycles. The summed E-state index contributed by atoms with van der Waals surface area (Å²) in [5.41, 5.74) is 2.90. The van der Waals surface area contributed by atoms with Gasteiger partial charge in [-0.3, -0.25) is 0 Å². The zero-order chi connectivity index (χ0) is 8.10. The van der Waals surface area contributed by atoms with Crippen LogP contribution in [0.4, 0.5) is 0 Å². The van der Waals surface area contributed by atoms with E-state index in [-0.39, 0.29) is 0 Å². The fourth-order valence-corrected chi connectivity index (χ4v) is 1.23. The van der Waals surface area contributed by atoms with Crippen molar-refractivity contribution < 1.29 is 0 Å². The second-order valence-corrected chi connectivity index (χ2v) is 2.92. The van der Waals surface area contributed by atoms with E-state index in [1.165, 1.54) is 24.7 Å². The van der Waals surface area contributed by atoms with Gasteiger partial charge in [0.15, 0.2) is 0 Å². The van der Waals surface area contributed by atoms with Crippen molar-refractivity contribution in [3.05, 3.63) is 35.4 Å². The van der Waals surface area contributed by atoms with E-state index < -0.39 is 0 Å². The van der Waals surface area contributed by atoms with E-state index in [9.17, 15) is 0 Å². The van der Waals surface area contributed by atoms with Crippen LogP contribution in [-0.4, -0.2) is 15.1 Å². The van der Waals surface area contributed by atoms with Crippen LogP contribution < -0.4 is 0 Å². The molecule has 0 heterocycles. The van der Waals surface area contributed by atoms with Gasteiger partial charge in [0, 0.05) is 0 Å². The molecule has 56 valence electrons. The average molecular weight is 144 g/mol. The van der Waals surface area contributed by atoms with Gasteiger partial charge < -0.3 is 0 Å². The fourth-order valence-electron chi connectivity index (χ4n) is 1.23. The Bertz CT molecular complexity index is 203. The Hall–Kier alpha value is -0.650. The maximum atomic E-state index is 2.24. The SMILES string of the molecule is BCc1ccc(CBC)cc1. The minimum absolute atomic E-state index is 1.15. The molecule has 0 bridgehead atoms. The van der Waals surface area contributed by atoms with Gasteiger partial charge in [-0.25, -0.2) is 0 Å². The third kappa shape index (κ3) is 2.45. The van der Waals surface area contributed by atoms with Crippen LogP contribution in [-0.2, 0) is 12.6 Å². The lowest BCUT2D eigenvalue weighted by Crippen LogP contribution is -1.91. The van der Waals surface area contributed by atoms with Crippen LogP contribution in [0, 0.1) is 0 Å². The Morgan fingerprint density at radius 1 is 1.18 bits per heavy atom. The molecule has 0 aliphatic rings. The van der Waals surface area contributed by atoms with Crippen molar-refractivity contribution in [3.8, 4) is 0 Å². The summed E-state index contributed by atoms with van der Waals surface area (Å²) >= 11 is 0. The number of benzene rings is 1. The summed E-state index contributed by atoms with van der Waals surface area (Å²) in [6, 6.07) is 8.93. The highest BCUT2D eigenvalue weighted by atomic mass is 13.9. The third-order valence-corrected chi connectivity index (χ3v) is 1.97. The van der Waals surface area contributed by atoms with Crippen LogP contribution in [0.25, 0.3) is 0 Å². The van der Waals surface area contributed by atoms with Crippen LogP contribution in [0.2, 0.25) is 6.82 Å². The van der Waals surface area contributed by atoms with E-state index in [2.05, 4.69) is 38.9 Å². The fraction of sp³-hybridized carbons (Fsp3) is 0.333. The first-order chi connectivity index (χ1) is 5.36. The molecule has 0 aromatic heterocycles. The van der Waals surface area contributed by atoms with E-state index in [1.54, 1.807) is 0 Å². The Labute approximate surface area is 70.7 Å². The van der Waals surface area contributed by atoms with Gasteiger partial charge in [0.25, 0.3) is 0 Å². The second kappa shape index (κ2) is 4.27. The zero-order valence-corrected chi connectivity index (χ0v) is 7.43. The number of hydrogen-bond acceptors (Lipinski definition) is 0. The van der Waals surface area contributed by atoms with Crippen LogP contribution in [0.3, 0.4) is 0 Å². The summed E-state index contributed by atoms with van der Waals surface area (Å²) in [4.78, 5) is 0. The van der Waals surface area contributed by atoms with E-state index in [4.69, 9.17) is 0 Å². The Kier molecular flexibility index (Phi) is 3.28. The molecule has 1 aromatic carbocycles. The summed E-state index contributed by atoms with van der Waals surface area (Å²) in [5, 5.41) is 0. The summed E-state index contributed by atoms with van der Waals surface area (Å²) in [7, 11) is 3.43. The van der Waals surface area contributed by atoms with Gasteiger partial charge >= 0.3 is 0 Å². The molecule has 0 saturated heterocycles. The quantitative estimate of drug-likeness (QED) is 0.550. The van der Waals surface area contributed by atoms with Gasteiger partial charge in [-0.15, -0.1) is 0 Å². The van der Waals surface area contributed by atoms with Gasteiger partial charge in [-0.05, 0) is 0 Å². The van der Waals surface area contributed by atoms with E-state index >= 15 is 0 Å². The number of rotatable bonds is 3. The Morgan fingerprint density at radius 3 is 2.18 bits per heavy atom. The molecule has 0 nitrogen and oxygen atoms in total. The van der Waals surface area contributed by atoms with Crippen molar-refractivity contribution in [3.63, 3.8) is 0 Å². The molecule has 0 fully saturated rings. The predicted octanol–water partition coefficient (Wildman–Crippen LogP) is 0.804. The molecule has 0 unspecified atom stereocenters. The van der Waals surface area contributed by atoms with Crippen LogP contribution in [0.1, 0.15) is 11.1 Å². The third-order valence-electron chi connectivity index (χ3n) is 1.97. The average Bonchev–Trinajstić information content (AvgIpc) is 2.07. The lowest BCUT2D eigenvalue weighted by atomic mass is 9.75. The highest BCUT2D eigenvalue weighted by Gasteiger charge is 1.91. The van der Waals surface area contributed by atoms with Crippen molar-refractivity contribution in [2.24, 2.45) is 0 Å². The Balaban J connectivity index is 2.66. The molecule has 0 spiro atoms. The summed E-state index contributed by atoms with van der Waals surface area (Å²) in [5.74, 6) is 0. The monoisotopic (exact) mass is 144 g/mol. The summed E-state index contributed by atoms with van der Waals surface area (Å²) in [6.07, 6.45) is 2.36. The molecule has 0 aliphatic heterocycles. The van der Waals surface area contributed by atoms with Gasteiger partial charge in [-0.1, -0.05) is 54.9 Å². The summed E-state index contributed by atoms with van der Waals surface area (Å²) < 4.78 is 0. The van der Waals surface area contributed by atoms with E-state index in [0.717, 1.165) is 6.32 Å². The molecule has 2 heteroatoms. The highest BCUT2D eigenvalue weighted by molar-refractivity contribution is 6.32. The first-order valence-electron chi connectivity index (χ1n) is 4.44. The molecule has 0 atom stereocenters. The van der Waals surface area contributed by atoms with Crippen molar-refractivity contribution in [1.82, 2.24) is 0 Å². The standard InChI is InChI=1S/C9H14B2/c1-11-7-9-4-2-8(6-10)3-5-9/h2-5,11H,6-7,10H2,1H3. The van der Waals surface area contributed by atoms with Crippen LogP contribution in [0.15, 0.2) is 24.3 Å². The van der Waals surface area contributed by atoms with Crippen molar-refractivity contribution in [1.29, 1.82) is 0 Å². The van der Waals surface area contributed by atoms with Gasteiger partial charge in [0.05, 0.1) is 0 Å². The first-order valence-corrected chi connectivity index (χ1v) is 4.44. The predicted molar refractivity (Wildman–Crippen MR) is 55.4 cm³/mol. The zero-order valence-electron chi connectivity index (χ0n) is 7.43. The molecular formula is C9H14B2. The minimum Gasteiger partial charge on any atom is -0.0891 e. The minimum atomic E-state index is 1.15. The topological polar surface area (TPSA) is 0 Å². The number of hydrogen-bond donors (Lipinski definition) is 0. The van der Waals surface area contributed by atoms with Crippen molar-refractivity contribution >= 4 is 15.1 Å². The molecule has 11 heavy (non-hydrogen) atoms. The van der Waals surface area contributed by atoms with Gasteiger partial charge in [-0.2, -0.15) is 0 Å². The first kappa shape index (κ1) is 8.45. The lowest BCUT2D eigenvalue weighted by molar-refractivity contribution is 1.32. The van der Waals surface area contributed by atoms with Crippen LogP contribution >= 0.6 is 0 Å². The maximum absolute atomic E-state index is 2.24. The highest BCUT2D eigenvalue weighted by Crippen LogP contribution is 2.03.